The zero-order chi connectivity index (χ0) is 12.5. The smallest absolute Gasteiger partial charge is 0.298 e. The van der Waals surface area contributed by atoms with Crippen LogP contribution in [0, 0.1) is 0 Å². The Balaban J connectivity index is 2.37. The number of hydrogen-bond acceptors (Lipinski definition) is 3. The van der Waals surface area contributed by atoms with Crippen LogP contribution in [0.3, 0.4) is 0 Å². The van der Waals surface area contributed by atoms with Gasteiger partial charge in [0, 0.05) is 0 Å². The summed E-state index contributed by atoms with van der Waals surface area (Å²) >= 11 is 0. The average molecular weight is 256 g/mol. The normalized spacial score (nSPS) is 18.2. The molecule has 1 aromatic rings. The molecule has 0 bridgehead atoms. The van der Waals surface area contributed by atoms with Gasteiger partial charge in [0.1, 0.15) is 10.6 Å². The minimum atomic E-state index is -4.34. The predicted molar refractivity (Wildman–Crippen MR) is 63.7 cm³/mol. The standard InChI is InChI=1S/C12H16O4S/c13-11-7-6-10(8-12(11)17(14,15)16)9-4-2-1-3-5-9/h6-9,13H,1-5H2,(H,14,15,16). The molecule has 0 radical (unpaired) electrons. The van der Waals surface area contributed by atoms with E-state index >= 15 is 0 Å². The molecular formula is C12H16O4S. The predicted octanol–water partition coefficient (Wildman–Crippen LogP) is 2.69. The van der Waals surface area contributed by atoms with Gasteiger partial charge < -0.3 is 5.11 Å². The number of rotatable bonds is 2. The van der Waals surface area contributed by atoms with Crippen LogP contribution in [0.15, 0.2) is 23.1 Å². The Morgan fingerprint density at radius 2 is 1.76 bits per heavy atom. The minimum Gasteiger partial charge on any atom is -0.506 e. The minimum absolute atomic E-state index is 0.338. The fraction of sp³-hybridized carbons (Fsp3) is 0.500. The lowest BCUT2D eigenvalue weighted by atomic mass is 9.84. The zero-order valence-electron chi connectivity index (χ0n) is 9.46. The van der Waals surface area contributed by atoms with Crippen molar-refractivity contribution in [2.24, 2.45) is 0 Å². The topological polar surface area (TPSA) is 74.6 Å². The molecule has 1 aliphatic rings. The SMILES string of the molecule is O=S(=O)(O)c1cc(C2CCCCC2)ccc1O. The fourth-order valence-corrected chi connectivity index (χ4v) is 3.04. The van der Waals surface area contributed by atoms with Gasteiger partial charge in [-0.3, -0.25) is 4.55 Å². The summed E-state index contributed by atoms with van der Waals surface area (Å²) in [5.41, 5.74) is 0.884. The van der Waals surface area contributed by atoms with E-state index in [0.29, 0.717) is 5.92 Å². The van der Waals surface area contributed by atoms with Crippen LogP contribution in [-0.4, -0.2) is 18.1 Å². The summed E-state index contributed by atoms with van der Waals surface area (Å²) in [4.78, 5) is -0.388. The van der Waals surface area contributed by atoms with Crippen molar-refractivity contribution in [1.29, 1.82) is 0 Å². The summed E-state index contributed by atoms with van der Waals surface area (Å²) in [6.07, 6.45) is 5.59. The molecule has 94 valence electrons. The van der Waals surface area contributed by atoms with Crippen molar-refractivity contribution in [3.05, 3.63) is 23.8 Å². The molecule has 1 saturated carbocycles. The third kappa shape index (κ3) is 2.79. The van der Waals surface area contributed by atoms with Gasteiger partial charge >= 0.3 is 0 Å². The Kier molecular flexibility index (Phi) is 3.40. The molecule has 17 heavy (non-hydrogen) atoms. The van der Waals surface area contributed by atoms with Crippen molar-refractivity contribution in [2.75, 3.05) is 0 Å². The van der Waals surface area contributed by atoms with Crippen LogP contribution in [0.1, 0.15) is 43.6 Å². The fourth-order valence-electron chi connectivity index (χ4n) is 2.43. The van der Waals surface area contributed by atoms with Gasteiger partial charge in [-0.05, 0) is 36.5 Å². The van der Waals surface area contributed by atoms with Crippen molar-refractivity contribution >= 4 is 10.1 Å². The Morgan fingerprint density at radius 3 is 2.35 bits per heavy atom. The van der Waals surface area contributed by atoms with Gasteiger partial charge in [0.25, 0.3) is 10.1 Å². The van der Waals surface area contributed by atoms with Crippen molar-refractivity contribution in [3.8, 4) is 5.75 Å². The summed E-state index contributed by atoms with van der Waals surface area (Å²) in [7, 11) is -4.34. The summed E-state index contributed by atoms with van der Waals surface area (Å²) in [6, 6.07) is 4.47. The highest BCUT2D eigenvalue weighted by Crippen LogP contribution is 2.35. The van der Waals surface area contributed by atoms with Crippen molar-refractivity contribution in [3.63, 3.8) is 0 Å². The Hall–Kier alpha value is -1.07. The van der Waals surface area contributed by atoms with Crippen molar-refractivity contribution in [1.82, 2.24) is 0 Å². The van der Waals surface area contributed by atoms with Crippen LogP contribution in [0.25, 0.3) is 0 Å². The molecule has 1 aliphatic carbocycles. The zero-order valence-corrected chi connectivity index (χ0v) is 10.3. The largest absolute Gasteiger partial charge is 0.506 e. The molecule has 0 aliphatic heterocycles. The Bertz CT molecular complexity index is 501. The summed E-state index contributed by atoms with van der Waals surface area (Å²) in [6.45, 7) is 0. The first kappa shape index (κ1) is 12.4. The molecule has 2 N–H and O–H groups in total. The molecule has 0 saturated heterocycles. The van der Waals surface area contributed by atoms with Gasteiger partial charge in [-0.25, -0.2) is 0 Å². The van der Waals surface area contributed by atoms with E-state index in [1.165, 1.54) is 18.6 Å². The highest BCUT2D eigenvalue weighted by molar-refractivity contribution is 7.86. The van der Waals surface area contributed by atoms with E-state index in [-0.39, 0.29) is 4.90 Å². The molecule has 1 aromatic carbocycles. The molecule has 0 heterocycles. The Morgan fingerprint density at radius 1 is 1.12 bits per heavy atom. The molecule has 0 atom stereocenters. The first-order chi connectivity index (χ1) is 7.98. The molecule has 2 rings (SSSR count). The summed E-state index contributed by atoms with van der Waals surface area (Å²) in [5, 5.41) is 9.43. The maximum atomic E-state index is 11.1. The first-order valence-electron chi connectivity index (χ1n) is 5.79. The molecule has 1 fully saturated rings. The van der Waals surface area contributed by atoms with Crippen molar-refractivity contribution < 1.29 is 18.1 Å². The van der Waals surface area contributed by atoms with E-state index in [0.717, 1.165) is 31.2 Å². The summed E-state index contributed by atoms with van der Waals surface area (Å²) in [5.74, 6) is -0.0584. The van der Waals surface area contributed by atoms with Crippen LogP contribution in [-0.2, 0) is 10.1 Å². The van der Waals surface area contributed by atoms with Gasteiger partial charge in [-0.1, -0.05) is 25.3 Å². The second kappa shape index (κ2) is 4.66. The lowest BCUT2D eigenvalue weighted by Gasteiger charge is -2.22. The number of benzene rings is 1. The van der Waals surface area contributed by atoms with E-state index in [1.54, 1.807) is 6.07 Å². The molecule has 4 nitrogen and oxygen atoms in total. The first-order valence-corrected chi connectivity index (χ1v) is 7.23. The number of phenolic OH excluding ortho intramolecular Hbond substituents is 1. The second-order valence-corrected chi connectivity index (χ2v) is 5.93. The van der Waals surface area contributed by atoms with Crippen molar-refractivity contribution in [2.45, 2.75) is 42.9 Å². The number of hydrogen-bond donors (Lipinski definition) is 2. The van der Waals surface area contributed by atoms with Gasteiger partial charge in [0.2, 0.25) is 0 Å². The third-order valence-electron chi connectivity index (χ3n) is 3.34. The average Bonchev–Trinajstić information content (AvgIpc) is 2.29. The highest BCUT2D eigenvalue weighted by Gasteiger charge is 2.20. The quantitative estimate of drug-likeness (QED) is 0.798. The second-order valence-electron chi connectivity index (χ2n) is 4.54. The lowest BCUT2D eigenvalue weighted by molar-refractivity contribution is 0.432. The molecular weight excluding hydrogens is 240 g/mol. The van der Waals surface area contributed by atoms with Gasteiger partial charge in [0.15, 0.2) is 0 Å². The molecule has 0 amide bonds. The van der Waals surface area contributed by atoms with E-state index in [9.17, 15) is 13.5 Å². The third-order valence-corrected chi connectivity index (χ3v) is 4.22. The number of phenols is 1. The highest BCUT2D eigenvalue weighted by atomic mass is 32.2. The molecule has 0 unspecified atom stereocenters. The Labute approximate surface area is 101 Å². The monoisotopic (exact) mass is 256 g/mol. The summed E-state index contributed by atoms with van der Waals surface area (Å²) < 4.78 is 31.2. The van der Waals surface area contributed by atoms with Crippen LogP contribution in [0.4, 0.5) is 0 Å². The molecule has 0 spiro atoms. The van der Waals surface area contributed by atoms with Crippen LogP contribution >= 0.6 is 0 Å². The van der Waals surface area contributed by atoms with Crippen LogP contribution in [0.2, 0.25) is 0 Å². The van der Waals surface area contributed by atoms with Gasteiger partial charge in [0.05, 0.1) is 0 Å². The van der Waals surface area contributed by atoms with E-state index in [1.807, 2.05) is 0 Å². The molecule has 0 aromatic heterocycles. The number of aromatic hydroxyl groups is 1. The maximum Gasteiger partial charge on any atom is 0.298 e. The lowest BCUT2D eigenvalue weighted by Crippen LogP contribution is -2.06. The van der Waals surface area contributed by atoms with Crippen LogP contribution in [0.5, 0.6) is 5.75 Å². The van der Waals surface area contributed by atoms with Gasteiger partial charge in [-0.15, -0.1) is 0 Å². The van der Waals surface area contributed by atoms with Gasteiger partial charge in [-0.2, -0.15) is 8.42 Å². The molecule has 5 heteroatoms. The van der Waals surface area contributed by atoms with Crippen LogP contribution < -0.4 is 0 Å². The van der Waals surface area contributed by atoms with E-state index in [4.69, 9.17) is 4.55 Å². The maximum absolute atomic E-state index is 11.1. The van der Waals surface area contributed by atoms with E-state index < -0.39 is 15.9 Å². The van der Waals surface area contributed by atoms with E-state index in [2.05, 4.69) is 0 Å².